The smallest absolute Gasteiger partial charge is 0.270 e. The fourth-order valence-corrected chi connectivity index (χ4v) is 3.30. The van der Waals surface area contributed by atoms with Crippen LogP contribution in [0.25, 0.3) is 0 Å². The molecule has 0 bridgehead atoms. The zero-order chi connectivity index (χ0) is 20.3. The molecular weight excluding hydrogens is 370 g/mol. The predicted octanol–water partition coefficient (Wildman–Crippen LogP) is 1.74. The summed E-state index contributed by atoms with van der Waals surface area (Å²) >= 11 is 0. The van der Waals surface area contributed by atoms with E-state index in [2.05, 4.69) is 21.6 Å². The van der Waals surface area contributed by atoms with Crippen molar-refractivity contribution >= 4 is 21.7 Å². The fourth-order valence-electron chi connectivity index (χ4n) is 2.24. The molecule has 0 aliphatic heterocycles. The maximum atomic E-state index is 12.3. The van der Waals surface area contributed by atoms with Crippen LogP contribution in [0.5, 0.6) is 0 Å². The van der Waals surface area contributed by atoms with E-state index in [1.165, 1.54) is 18.2 Å². The van der Waals surface area contributed by atoms with Crippen LogP contribution in [0.4, 0.5) is 5.69 Å². The number of nitro benzene ring substituents is 1. The highest BCUT2D eigenvalue weighted by atomic mass is 32.2. The maximum absolute atomic E-state index is 12.3. The van der Waals surface area contributed by atoms with E-state index < -0.39 is 14.9 Å². The second kappa shape index (κ2) is 11.3. The van der Waals surface area contributed by atoms with Gasteiger partial charge < -0.3 is 10.2 Å². The normalized spacial score (nSPS) is 11.9. The van der Waals surface area contributed by atoms with E-state index in [0.717, 1.165) is 25.5 Å². The average Bonchev–Trinajstić information content (AvgIpc) is 2.64. The topological polar surface area (TPSA) is 117 Å². The Kier molecular flexibility index (Phi) is 9.45. The highest BCUT2D eigenvalue weighted by molar-refractivity contribution is 7.89. The SMILES string of the molecule is C=CCCCN(C)C(=NCCNS(=O)(=O)c1cccc([N+](=O)[O-])c1)NCC. The molecule has 1 aromatic rings. The molecule has 0 radical (unpaired) electrons. The van der Waals surface area contributed by atoms with Crippen molar-refractivity contribution in [1.29, 1.82) is 0 Å². The first-order valence-corrected chi connectivity index (χ1v) is 10.1. The molecule has 0 aliphatic carbocycles. The van der Waals surface area contributed by atoms with Gasteiger partial charge in [0.05, 0.1) is 16.4 Å². The summed E-state index contributed by atoms with van der Waals surface area (Å²) in [5.41, 5.74) is -0.272. The lowest BCUT2D eigenvalue weighted by molar-refractivity contribution is -0.385. The number of nitrogens with one attached hydrogen (secondary N) is 2. The minimum Gasteiger partial charge on any atom is -0.357 e. The molecule has 0 saturated heterocycles. The molecule has 1 rings (SSSR count). The Hall–Kier alpha value is -2.46. The van der Waals surface area contributed by atoms with Crippen LogP contribution in [0.3, 0.4) is 0 Å². The molecular formula is C17H27N5O4S. The van der Waals surface area contributed by atoms with Gasteiger partial charge >= 0.3 is 0 Å². The number of unbranched alkanes of at least 4 members (excludes halogenated alkanes) is 1. The van der Waals surface area contributed by atoms with Crippen LogP contribution in [-0.2, 0) is 10.0 Å². The van der Waals surface area contributed by atoms with Crippen LogP contribution < -0.4 is 10.0 Å². The Morgan fingerprint density at radius 3 is 2.81 bits per heavy atom. The first-order chi connectivity index (χ1) is 12.8. The van der Waals surface area contributed by atoms with Crippen LogP contribution >= 0.6 is 0 Å². The fraction of sp³-hybridized carbons (Fsp3) is 0.471. The number of benzene rings is 1. The third-order valence-corrected chi connectivity index (χ3v) is 5.06. The van der Waals surface area contributed by atoms with Gasteiger partial charge in [-0.15, -0.1) is 6.58 Å². The summed E-state index contributed by atoms with van der Waals surface area (Å²) in [6.45, 7) is 7.48. The van der Waals surface area contributed by atoms with Crippen molar-refractivity contribution in [3.8, 4) is 0 Å². The Bertz CT molecular complexity index is 764. The van der Waals surface area contributed by atoms with Crippen LogP contribution in [0, 0.1) is 10.1 Å². The molecule has 27 heavy (non-hydrogen) atoms. The molecule has 150 valence electrons. The van der Waals surface area contributed by atoms with Gasteiger partial charge in [-0.3, -0.25) is 15.1 Å². The van der Waals surface area contributed by atoms with Gasteiger partial charge in [-0.2, -0.15) is 0 Å². The Labute approximate surface area is 160 Å². The summed E-state index contributed by atoms with van der Waals surface area (Å²) in [6.07, 6.45) is 3.72. The van der Waals surface area contributed by atoms with Crippen molar-refractivity contribution in [2.45, 2.75) is 24.7 Å². The third-order valence-electron chi connectivity index (χ3n) is 3.60. The van der Waals surface area contributed by atoms with Crippen molar-refractivity contribution in [2.24, 2.45) is 4.99 Å². The molecule has 0 aliphatic rings. The number of sulfonamides is 1. The number of hydrogen-bond acceptors (Lipinski definition) is 5. The quantitative estimate of drug-likeness (QED) is 0.147. The van der Waals surface area contributed by atoms with Gasteiger partial charge in [-0.1, -0.05) is 12.1 Å². The van der Waals surface area contributed by atoms with E-state index in [1.807, 2.05) is 24.9 Å². The first-order valence-electron chi connectivity index (χ1n) is 8.66. The van der Waals surface area contributed by atoms with E-state index >= 15 is 0 Å². The van der Waals surface area contributed by atoms with Crippen LogP contribution in [0.1, 0.15) is 19.8 Å². The van der Waals surface area contributed by atoms with Gasteiger partial charge in [0, 0.05) is 38.8 Å². The molecule has 10 heteroatoms. The summed E-state index contributed by atoms with van der Waals surface area (Å²) in [5, 5.41) is 13.9. The second-order valence-corrected chi connectivity index (χ2v) is 7.51. The Morgan fingerprint density at radius 2 is 2.19 bits per heavy atom. The number of non-ortho nitro benzene ring substituents is 1. The lowest BCUT2D eigenvalue weighted by Gasteiger charge is -2.21. The summed E-state index contributed by atoms with van der Waals surface area (Å²) in [4.78, 5) is 16.4. The average molecular weight is 398 g/mol. The van der Waals surface area contributed by atoms with E-state index in [9.17, 15) is 18.5 Å². The van der Waals surface area contributed by atoms with Crippen LogP contribution in [0.15, 0.2) is 46.8 Å². The summed E-state index contributed by atoms with van der Waals surface area (Å²) in [5.74, 6) is 0.691. The van der Waals surface area contributed by atoms with Crippen molar-refractivity contribution in [3.63, 3.8) is 0 Å². The van der Waals surface area contributed by atoms with Gasteiger partial charge in [-0.05, 0) is 25.8 Å². The van der Waals surface area contributed by atoms with Crippen LogP contribution in [0.2, 0.25) is 0 Å². The monoisotopic (exact) mass is 397 g/mol. The number of aliphatic imine (C=N–C) groups is 1. The van der Waals surface area contributed by atoms with Crippen molar-refractivity contribution in [2.75, 3.05) is 33.2 Å². The number of nitrogens with zero attached hydrogens (tertiary/aromatic N) is 3. The highest BCUT2D eigenvalue weighted by Gasteiger charge is 2.17. The molecule has 0 atom stereocenters. The summed E-state index contributed by atoms with van der Waals surface area (Å²) in [7, 11) is -1.92. The maximum Gasteiger partial charge on any atom is 0.270 e. The van der Waals surface area contributed by atoms with Crippen LogP contribution in [-0.4, -0.2) is 57.4 Å². The molecule has 0 heterocycles. The van der Waals surface area contributed by atoms with Gasteiger partial charge in [0.25, 0.3) is 5.69 Å². The number of nitro groups is 1. The third kappa shape index (κ3) is 7.75. The van der Waals surface area contributed by atoms with E-state index in [-0.39, 0.29) is 23.7 Å². The molecule has 0 saturated carbocycles. The second-order valence-electron chi connectivity index (χ2n) is 5.74. The van der Waals surface area contributed by atoms with E-state index in [1.54, 1.807) is 0 Å². The number of hydrogen-bond donors (Lipinski definition) is 2. The number of allylic oxidation sites excluding steroid dienone is 1. The molecule has 0 spiro atoms. The van der Waals surface area contributed by atoms with Crippen molar-refractivity contribution in [3.05, 3.63) is 47.0 Å². The first kappa shape index (κ1) is 22.6. The van der Waals surface area contributed by atoms with Gasteiger partial charge in [0.1, 0.15) is 0 Å². The number of rotatable bonds is 11. The lowest BCUT2D eigenvalue weighted by Crippen LogP contribution is -2.40. The van der Waals surface area contributed by atoms with Gasteiger partial charge in [0.15, 0.2) is 5.96 Å². The minimum atomic E-state index is -3.83. The van der Waals surface area contributed by atoms with Crippen molar-refractivity contribution < 1.29 is 13.3 Å². The van der Waals surface area contributed by atoms with E-state index in [4.69, 9.17) is 0 Å². The molecule has 9 nitrogen and oxygen atoms in total. The summed E-state index contributed by atoms with van der Waals surface area (Å²) < 4.78 is 26.9. The summed E-state index contributed by atoms with van der Waals surface area (Å²) in [6, 6.07) is 4.93. The molecule has 0 fully saturated rings. The molecule has 0 aromatic heterocycles. The molecule has 0 unspecified atom stereocenters. The zero-order valence-electron chi connectivity index (χ0n) is 15.7. The number of guanidine groups is 1. The Morgan fingerprint density at radius 1 is 1.44 bits per heavy atom. The predicted molar refractivity (Wildman–Crippen MR) is 106 cm³/mol. The van der Waals surface area contributed by atoms with Crippen molar-refractivity contribution in [1.82, 2.24) is 14.9 Å². The Balaban J connectivity index is 2.67. The standard InChI is InChI=1S/C17H27N5O4S/c1-4-6-7-13-21(3)17(18-5-2)19-11-12-20-27(25,26)16-10-8-9-15(14-16)22(23)24/h4,8-10,14,20H,1,5-7,11-13H2,2-3H3,(H,18,19). The zero-order valence-corrected chi connectivity index (χ0v) is 16.5. The molecule has 2 N–H and O–H groups in total. The highest BCUT2D eigenvalue weighted by Crippen LogP contribution is 2.16. The van der Waals surface area contributed by atoms with Gasteiger partial charge in [0.2, 0.25) is 10.0 Å². The molecule has 1 aromatic carbocycles. The largest absolute Gasteiger partial charge is 0.357 e. The van der Waals surface area contributed by atoms with Gasteiger partial charge in [-0.25, -0.2) is 13.1 Å². The minimum absolute atomic E-state index is 0.0837. The molecule has 0 amide bonds. The lowest BCUT2D eigenvalue weighted by atomic mass is 10.3. The van der Waals surface area contributed by atoms with E-state index in [0.29, 0.717) is 12.5 Å².